The van der Waals surface area contributed by atoms with Gasteiger partial charge in [0, 0.05) is 30.1 Å². The van der Waals surface area contributed by atoms with E-state index in [0.717, 1.165) is 17.0 Å². The second kappa shape index (κ2) is 11.1. The van der Waals surface area contributed by atoms with Crippen molar-refractivity contribution in [2.24, 2.45) is 16.6 Å². The predicted octanol–water partition coefficient (Wildman–Crippen LogP) is 2.48. The number of thiazole rings is 1. The van der Waals surface area contributed by atoms with Gasteiger partial charge in [-0.1, -0.05) is 6.92 Å². The molecule has 28 heavy (non-hydrogen) atoms. The van der Waals surface area contributed by atoms with E-state index in [1.165, 1.54) is 0 Å². The SMILES string of the molecule is CCCN(Cc1nccs1)C(=O)c1cc(C)cc(OCCCON=C(N)N)c1. The largest absolute Gasteiger partial charge is 0.493 e. The van der Waals surface area contributed by atoms with Gasteiger partial charge in [-0.05, 0) is 42.3 Å². The van der Waals surface area contributed by atoms with E-state index in [1.807, 2.05) is 29.3 Å². The number of ether oxygens (including phenoxy) is 1. The van der Waals surface area contributed by atoms with Crippen molar-refractivity contribution in [2.75, 3.05) is 19.8 Å². The minimum atomic E-state index is -0.114. The van der Waals surface area contributed by atoms with E-state index in [9.17, 15) is 4.79 Å². The molecule has 1 amide bonds. The maximum atomic E-state index is 13.0. The summed E-state index contributed by atoms with van der Waals surface area (Å²) in [6.07, 6.45) is 3.24. The minimum absolute atomic E-state index is 0.0262. The van der Waals surface area contributed by atoms with Gasteiger partial charge in [-0.25, -0.2) is 4.98 Å². The number of rotatable bonds is 11. The fraction of sp³-hybridized carbons (Fsp3) is 0.421. The second-order valence-electron chi connectivity index (χ2n) is 6.24. The van der Waals surface area contributed by atoms with Crippen molar-refractivity contribution in [2.45, 2.75) is 33.2 Å². The number of oxime groups is 1. The van der Waals surface area contributed by atoms with Gasteiger partial charge >= 0.3 is 0 Å². The quantitative estimate of drug-likeness (QED) is 0.257. The van der Waals surface area contributed by atoms with E-state index in [4.69, 9.17) is 21.0 Å². The van der Waals surface area contributed by atoms with E-state index < -0.39 is 0 Å². The summed E-state index contributed by atoms with van der Waals surface area (Å²) in [5.74, 6) is 0.509. The van der Waals surface area contributed by atoms with E-state index in [0.29, 0.717) is 44.0 Å². The summed E-state index contributed by atoms with van der Waals surface area (Å²) in [7, 11) is 0. The Morgan fingerprint density at radius 2 is 2.11 bits per heavy atom. The molecule has 1 heterocycles. The van der Waals surface area contributed by atoms with Crippen LogP contribution < -0.4 is 16.2 Å². The van der Waals surface area contributed by atoms with Gasteiger partial charge in [0.1, 0.15) is 17.4 Å². The molecule has 0 unspecified atom stereocenters. The Balaban J connectivity index is 1.99. The van der Waals surface area contributed by atoms with Crippen LogP contribution >= 0.6 is 11.3 Å². The summed E-state index contributed by atoms with van der Waals surface area (Å²) in [5, 5.41) is 6.29. The molecule has 4 N–H and O–H groups in total. The summed E-state index contributed by atoms with van der Waals surface area (Å²) < 4.78 is 5.76. The predicted molar refractivity (Wildman–Crippen MR) is 110 cm³/mol. The smallest absolute Gasteiger partial charge is 0.254 e. The first-order chi connectivity index (χ1) is 13.5. The molecule has 0 saturated carbocycles. The van der Waals surface area contributed by atoms with Gasteiger partial charge in [0.05, 0.1) is 13.2 Å². The van der Waals surface area contributed by atoms with Gasteiger partial charge in [0.15, 0.2) is 0 Å². The Morgan fingerprint density at radius 3 is 2.79 bits per heavy atom. The molecule has 0 aliphatic carbocycles. The third kappa shape index (κ3) is 7.07. The minimum Gasteiger partial charge on any atom is -0.493 e. The first-order valence-corrected chi connectivity index (χ1v) is 10.0. The van der Waals surface area contributed by atoms with Crippen molar-refractivity contribution in [3.63, 3.8) is 0 Å². The maximum Gasteiger partial charge on any atom is 0.254 e. The molecule has 0 aliphatic heterocycles. The molecule has 0 spiro atoms. The van der Waals surface area contributed by atoms with Crippen molar-refractivity contribution >= 4 is 23.2 Å². The molecule has 152 valence electrons. The molecule has 2 aromatic rings. The molecule has 0 atom stereocenters. The molecule has 9 heteroatoms. The number of amides is 1. The second-order valence-corrected chi connectivity index (χ2v) is 7.22. The number of aryl methyl sites for hydroxylation is 1. The van der Waals surface area contributed by atoms with Crippen molar-refractivity contribution in [1.29, 1.82) is 0 Å². The molecule has 0 radical (unpaired) electrons. The summed E-state index contributed by atoms with van der Waals surface area (Å²) in [6, 6.07) is 5.55. The number of carbonyl (C=O) groups is 1. The average Bonchev–Trinajstić information content (AvgIpc) is 3.16. The lowest BCUT2D eigenvalue weighted by atomic mass is 10.1. The Hall–Kier alpha value is -2.81. The van der Waals surface area contributed by atoms with Crippen LogP contribution in [0.3, 0.4) is 0 Å². The summed E-state index contributed by atoms with van der Waals surface area (Å²) >= 11 is 1.55. The Morgan fingerprint density at radius 1 is 1.29 bits per heavy atom. The van der Waals surface area contributed by atoms with Gasteiger partial charge in [-0.15, -0.1) is 11.3 Å². The fourth-order valence-corrected chi connectivity index (χ4v) is 3.22. The lowest BCUT2D eigenvalue weighted by Crippen LogP contribution is -2.31. The zero-order chi connectivity index (χ0) is 20.4. The third-order valence-corrected chi connectivity index (χ3v) is 4.47. The van der Waals surface area contributed by atoms with Crippen LogP contribution in [0.15, 0.2) is 34.9 Å². The van der Waals surface area contributed by atoms with E-state index in [-0.39, 0.29) is 11.9 Å². The van der Waals surface area contributed by atoms with Crippen LogP contribution in [-0.4, -0.2) is 41.5 Å². The van der Waals surface area contributed by atoms with Crippen molar-refractivity contribution in [3.8, 4) is 5.75 Å². The molecular weight excluding hydrogens is 378 g/mol. The lowest BCUT2D eigenvalue weighted by Gasteiger charge is -2.21. The van der Waals surface area contributed by atoms with Crippen LogP contribution in [0, 0.1) is 6.92 Å². The third-order valence-electron chi connectivity index (χ3n) is 3.71. The van der Waals surface area contributed by atoms with E-state index in [2.05, 4.69) is 17.1 Å². The number of nitrogens with two attached hydrogens (primary N) is 2. The Labute approximate surface area is 169 Å². The summed E-state index contributed by atoms with van der Waals surface area (Å²) in [5.41, 5.74) is 11.9. The fourth-order valence-electron chi connectivity index (χ4n) is 2.59. The van der Waals surface area contributed by atoms with Gasteiger partial charge < -0.3 is 25.9 Å². The highest BCUT2D eigenvalue weighted by atomic mass is 32.1. The van der Waals surface area contributed by atoms with Crippen LogP contribution in [0.2, 0.25) is 0 Å². The molecule has 2 rings (SSSR count). The summed E-state index contributed by atoms with van der Waals surface area (Å²) in [4.78, 5) is 24.1. The van der Waals surface area contributed by atoms with Gasteiger partial charge in [0.25, 0.3) is 5.91 Å². The van der Waals surface area contributed by atoms with E-state index in [1.54, 1.807) is 23.6 Å². The average molecular weight is 406 g/mol. The highest BCUT2D eigenvalue weighted by Gasteiger charge is 2.17. The van der Waals surface area contributed by atoms with Crippen LogP contribution in [0.5, 0.6) is 5.75 Å². The first-order valence-electron chi connectivity index (χ1n) is 9.12. The van der Waals surface area contributed by atoms with Crippen molar-refractivity contribution in [1.82, 2.24) is 9.88 Å². The Kier molecular flexibility index (Phi) is 8.54. The molecular formula is C19H27N5O3S. The zero-order valence-corrected chi connectivity index (χ0v) is 17.1. The molecule has 0 aliphatic rings. The zero-order valence-electron chi connectivity index (χ0n) is 16.3. The number of nitrogens with zero attached hydrogens (tertiary/aromatic N) is 3. The normalized spacial score (nSPS) is 10.4. The van der Waals surface area contributed by atoms with Crippen LogP contribution in [0.1, 0.15) is 40.7 Å². The lowest BCUT2D eigenvalue weighted by molar-refractivity contribution is 0.0742. The molecule has 1 aromatic carbocycles. The number of hydrogen-bond donors (Lipinski definition) is 2. The molecule has 1 aromatic heterocycles. The van der Waals surface area contributed by atoms with Gasteiger partial charge in [-0.2, -0.15) is 0 Å². The number of aromatic nitrogens is 1. The first kappa shape index (κ1) is 21.5. The molecule has 8 nitrogen and oxygen atoms in total. The van der Waals surface area contributed by atoms with Crippen molar-refractivity contribution in [3.05, 3.63) is 45.9 Å². The van der Waals surface area contributed by atoms with Crippen LogP contribution in [0.25, 0.3) is 0 Å². The molecule has 0 saturated heterocycles. The maximum absolute atomic E-state index is 13.0. The van der Waals surface area contributed by atoms with Crippen LogP contribution in [0.4, 0.5) is 0 Å². The van der Waals surface area contributed by atoms with Crippen LogP contribution in [-0.2, 0) is 11.4 Å². The van der Waals surface area contributed by atoms with Gasteiger partial charge in [-0.3, -0.25) is 4.79 Å². The number of guanidine groups is 1. The number of carbonyl (C=O) groups excluding carboxylic acids is 1. The topological polar surface area (TPSA) is 116 Å². The number of benzene rings is 1. The highest BCUT2D eigenvalue weighted by Crippen LogP contribution is 2.20. The van der Waals surface area contributed by atoms with Crippen molar-refractivity contribution < 1.29 is 14.4 Å². The highest BCUT2D eigenvalue weighted by molar-refractivity contribution is 7.09. The molecule has 0 bridgehead atoms. The number of hydrogen-bond acceptors (Lipinski definition) is 6. The standard InChI is InChI=1S/C19H27N5O3S/c1-3-6-24(13-17-22-5-9-28-17)18(25)15-10-14(2)11-16(12-15)26-7-4-8-27-23-19(20)21/h5,9-12H,3-4,6-8,13H2,1-2H3,(H4,20,21,23). The monoisotopic (exact) mass is 405 g/mol. The van der Waals surface area contributed by atoms with Gasteiger partial charge in [0.2, 0.25) is 5.96 Å². The molecule has 0 fully saturated rings. The van der Waals surface area contributed by atoms with E-state index >= 15 is 0 Å². The Bertz CT molecular complexity index is 776. The summed E-state index contributed by atoms with van der Waals surface area (Å²) in [6.45, 7) is 5.94.